The molecule has 1 aliphatic rings. The number of carbonyl (C=O) groups is 1. The topological polar surface area (TPSA) is 52.6 Å². The Balaban J connectivity index is 1.60. The number of nitrogens with one attached hydrogen (secondary N) is 1. The third-order valence-electron chi connectivity index (χ3n) is 5.69. The molecular formula is C23H28ClFN2O2. The van der Waals surface area contributed by atoms with Gasteiger partial charge in [-0.25, -0.2) is 4.39 Å². The monoisotopic (exact) mass is 418 g/mol. The summed E-state index contributed by atoms with van der Waals surface area (Å²) in [5.74, 6) is -0.386. The number of carbonyl (C=O) groups excluding carboxylic acids is 1. The fourth-order valence-corrected chi connectivity index (χ4v) is 3.92. The van der Waals surface area contributed by atoms with Crippen LogP contribution in [0.3, 0.4) is 0 Å². The molecule has 0 heterocycles. The van der Waals surface area contributed by atoms with Crippen molar-refractivity contribution in [2.24, 2.45) is 5.92 Å². The van der Waals surface area contributed by atoms with Crippen molar-refractivity contribution in [3.8, 4) is 5.75 Å². The lowest BCUT2D eigenvalue weighted by Gasteiger charge is -2.26. The number of hydrogen-bond acceptors (Lipinski definition) is 3. The molecular weight excluding hydrogens is 391 g/mol. The first-order valence-electron chi connectivity index (χ1n) is 10.0. The van der Waals surface area contributed by atoms with Crippen LogP contribution in [-0.4, -0.2) is 42.6 Å². The van der Waals surface area contributed by atoms with Crippen LogP contribution < -0.4 is 5.32 Å². The normalized spacial score (nSPS) is 15.9. The van der Waals surface area contributed by atoms with E-state index in [4.69, 9.17) is 11.6 Å². The van der Waals surface area contributed by atoms with Crippen molar-refractivity contribution in [3.05, 3.63) is 64.4 Å². The van der Waals surface area contributed by atoms with Gasteiger partial charge in [0, 0.05) is 19.0 Å². The predicted molar refractivity (Wildman–Crippen MR) is 114 cm³/mol. The molecule has 1 fully saturated rings. The van der Waals surface area contributed by atoms with Gasteiger partial charge in [0.25, 0.3) is 0 Å². The molecule has 2 atom stereocenters. The number of hydrogen-bond donors (Lipinski definition) is 2. The van der Waals surface area contributed by atoms with Crippen molar-refractivity contribution in [3.63, 3.8) is 0 Å². The fraction of sp³-hybridized carbons (Fsp3) is 0.435. The van der Waals surface area contributed by atoms with E-state index in [1.54, 1.807) is 6.07 Å². The number of phenolic OH excluding ortho intramolecular Hbond substituents is 1. The van der Waals surface area contributed by atoms with Gasteiger partial charge in [-0.15, -0.1) is 0 Å². The van der Waals surface area contributed by atoms with Gasteiger partial charge in [0.2, 0.25) is 5.91 Å². The highest BCUT2D eigenvalue weighted by Gasteiger charge is 2.33. The first-order valence-corrected chi connectivity index (χ1v) is 10.4. The van der Waals surface area contributed by atoms with Crippen molar-refractivity contribution in [2.45, 2.75) is 37.6 Å². The van der Waals surface area contributed by atoms with Crippen LogP contribution >= 0.6 is 11.6 Å². The van der Waals surface area contributed by atoms with Crippen LogP contribution in [0.1, 0.15) is 36.3 Å². The minimum Gasteiger partial charge on any atom is -0.505 e. The highest BCUT2D eigenvalue weighted by Crippen LogP contribution is 2.44. The van der Waals surface area contributed by atoms with Crippen molar-refractivity contribution >= 4 is 17.5 Å². The molecule has 0 saturated heterocycles. The molecule has 0 radical (unpaired) electrons. The zero-order valence-corrected chi connectivity index (χ0v) is 17.6. The van der Waals surface area contributed by atoms with E-state index in [-0.39, 0.29) is 22.9 Å². The van der Waals surface area contributed by atoms with Crippen molar-refractivity contribution in [1.82, 2.24) is 10.2 Å². The van der Waals surface area contributed by atoms with Crippen LogP contribution in [0.15, 0.2) is 42.5 Å². The molecule has 156 valence electrons. The van der Waals surface area contributed by atoms with Gasteiger partial charge in [0.1, 0.15) is 0 Å². The summed E-state index contributed by atoms with van der Waals surface area (Å²) < 4.78 is 13.9. The average molecular weight is 419 g/mol. The number of amides is 1. The second-order valence-electron chi connectivity index (χ2n) is 8.06. The first kappa shape index (κ1) is 21.6. The number of phenols is 1. The quantitative estimate of drug-likeness (QED) is 0.636. The zero-order chi connectivity index (χ0) is 21.0. The van der Waals surface area contributed by atoms with E-state index in [0.717, 1.165) is 0 Å². The van der Waals surface area contributed by atoms with Crippen LogP contribution in [0.4, 0.5) is 4.39 Å². The zero-order valence-electron chi connectivity index (χ0n) is 16.9. The van der Waals surface area contributed by atoms with Crippen LogP contribution in [0.25, 0.3) is 0 Å². The highest BCUT2D eigenvalue weighted by atomic mass is 35.5. The standard InChI is InChI=1S/C23H28ClFN2O2/c1-27(2)18(12-17-10-11-20(28)23(25)22(17)24)14-26-21(29)13-19(16-8-9-16)15-6-4-3-5-7-15/h3-7,10-11,16,18-19,28H,8-9,12-14H2,1-2H3,(H,26,29)/t18-,19-/m0/s1. The number of likely N-dealkylation sites (N-methyl/N-ethyl adjacent to an activating group) is 1. The van der Waals surface area contributed by atoms with Gasteiger partial charge < -0.3 is 15.3 Å². The number of rotatable bonds is 9. The van der Waals surface area contributed by atoms with Crippen LogP contribution in [0, 0.1) is 11.7 Å². The average Bonchev–Trinajstić information content (AvgIpc) is 3.54. The molecule has 0 aromatic heterocycles. The molecule has 0 spiro atoms. The van der Waals surface area contributed by atoms with Crippen molar-refractivity contribution < 1.29 is 14.3 Å². The summed E-state index contributed by atoms with van der Waals surface area (Å²) in [5.41, 5.74) is 1.83. The Kier molecular flexibility index (Phi) is 7.14. The maximum Gasteiger partial charge on any atom is 0.220 e. The molecule has 29 heavy (non-hydrogen) atoms. The van der Waals surface area contributed by atoms with E-state index < -0.39 is 11.6 Å². The van der Waals surface area contributed by atoms with Crippen molar-refractivity contribution in [2.75, 3.05) is 20.6 Å². The molecule has 2 aromatic carbocycles. The molecule has 0 aliphatic heterocycles. The summed E-state index contributed by atoms with van der Waals surface area (Å²) in [4.78, 5) is 14.6. The maximum absolute atomic E-state index is 13.9. The van der Waals surface area contributed by atoms with E-state index in [1.807, 2.05) is 37.2 Å². The Labute approximate surface area is 176 Å². The third kappa shape index (κ3) is 5.71. The minimum absolute atomic E-state index is 0.0283. The fourth-order valence-electron chi connectivity index (χ4n) is 3.69. The van der Waals surface area contributed by atoms with Gasteiger partial charge in [0.15, 0.2) is 11.6 Å². The lowest BCUT2D eigenvalue weighted by atomic mass is 9.90. The van der Waals surface area contributed by atoms with E-state index >= 15 is 0 Å². The highest BCUT2D eigenvalue weighted by molar-refractivity contribution is 6.31. The first-order chi connectivity index (χ1) is 13.9. The van der Waals surface area contributed by atoms with Gasteiger partial charge in [-0.05, 0) is 62.4 Å². The van der Waals surface area contributed by atoms with Crippen molar-refractivity contribution in [1.29, 1.82) is 0 Å². The SMILES string of the molecule is CN(C)[C@H](CNC(=O)C[C@@H](c1ccccc1)C1CC1)Cc1ccc(O)c(F)c1Cl. The predicted octanol–water partition coefficient (Wildman–Crippen LogP) is 4.36. The third-order valence-corrected chi connectivity index (χ3v) is 6.10. The summed E-state index contributed by atoms with van der Waals surface area (Å²) in [6, 6.07) is 13.1. The van der Waals surface area contributed by atoms with E-state index in [2.05, 4.69) is 17.4 Å². The van der Waals surface area contributed by atoms with Gasteiger partial charge in [-0.1, -0.05) is 48.0 Å². The molecule has 1 amide bonds. The van der Waals surface area contributed by atoms with E-state index in [1.165, 1.54) is 24.5 Å². The van der Waals surface area contributed by atoms with Gasteiger partial charge >= 0.3 is 0 Å². The molecule has 4 nitrogen and oxygen atoms in total. The van der Waals surface area contributed by atoms with Gasteiger partial charge in [-0.2, -0.15) is 0 Å². The number of halogens is 2. The van der Waals surface area contributed by atoms with E-state index in [9.17, 15) is 14.3 Å². The van der Waals surface area contributed by atoms with Crippen LogP contribution in [0.5, 0.6) is 5.75 Å². The second-order valence-corrected chi connectivity index (χ2v) is 8.43. The summed E-state index contributed by atoms with van der Waals surface area (Å²) >= 11 is 6.05. The molecule has 1 aliphatic carbocycles. The Morgan fingerprint density at radius 3 is 2.55 bits per heavy atom. The lowest BCUT2D eigenvalue weighted by molar-refractivity contribution is -0.121. The number of aromatic hydroxyl groups is 1. The van der Waals surface area contributed by atoms with Gasteiger partial charge in [0.05, 0.1) is 5.02 Å². The molecule has 2 N–H and O–H groups in total. The minimum atomic E-state index is -0.805. The summed E-state index contributed by atoms with van der Waals surface area (Å²) in [7, 11) is 3.83. The smallest absolute Gasteiger partial charge is 0.220 e. The Bertz CT molecular complexity index is 840. The second kappa shape index (κ2) is 9.59. The summed E-state index contributed by atoms with van der Waals surface area (Å²) in [6.07, 6.45) is 3.30. The van der Waals surface area contributed by atoms with E-state index in [0.29, 0.717) is 30.9 Å². The Morgan fingerprint density at radius 2 is 1.93 bits per heavy atom. The molecule has 0 bridgehead atoms. The number of nitrogens with zero attached hydrogens (tertiary/aromatic N) is 1. The Hall–Kier alpha value is -2.11. The Morgan fingerprint density at radius 1 is 1.24 bits per heavy atom. The number of benzene rings is 2. The largest absolute Gasteiger partial charge is 0.505 e. The van der Waals surface area contributed by atoms with Crippen LogP contribution in [-0.2, 0) is 11.2 Å². The van der Waals surface area contributed by atoms with Gasteiger partial charge in [-0.3, -0.25) is 4.79 Å². The molecule has 3 rings (SSSR count). The van der Waals surface area contributed by atoms with Crippen LogP contribution in [0.2, 0.25) is 5.02 Å². The summed E-state index contributed by atoms with van der Waals surface area (Å²) in [5, 5.41) is 12.4. The summed E-state index contributed by atoms with van der Waals surface area (Å²) in [6.45, 7) is 0.441. The molecule has 2 aromatic rings. The molecule has 0 unspecified atom stereocenters. The molecule has 6 heteroatoms. The molecule has 1 saturated carbocycles. The lowest BCUT2D eigenvalue weighted by Crippen LogP contribution is -2.42. The maximum atomic E-state index is 13.9.